The van der Waals surface area contributed by atoms with Crippen molar-refractivity contribution in [1.29, 1.82) is 0 Å². The van der Waals surface area contributed by atoms with E-state index in [-0.39, 0.29) is 0 Å². The molecule has 0 saturated carbocycles. The number of thiophene rings is 1. The van der Waals surface area contributed by atoms with Crippen molar-refractivity contribution in [1.82, 2.24) is 0 Å². The van der Waals surface area contributed by atoms with Gasteiger partial charge in [-0.25, -0.2) is 0 Å². The quantitative estimate of drug-likeness (QED) is 0.732. The summed E-state index contributed by atoms with van der Waals surface area (Å²) in [6.07, 6.45) is 0. The summed E-state index contributed by atoms with van der Waals surface area (Å²) in [5, 5.41) is 2.59. The Kier molecular flexibility index (Phi) is 3.14. The molecule has 1 nitrogen and oxygen atoms in total. The summed E-state index contributed by atoms with van der Waals surface area (Å²) in [7, 11) is 1.61. The van der Waals surface area contributed by atoms with E-state index in [1.54, 1.807) is 18.4 Å². The van der Waals surface area contributed by atoms with Crippen LogP contribution in [0, 0.1) is 0 Å². The molecule has 0 N–H and O–H groups in total. The van der Waals surface area contributed by atoms with E-state index in [0.29, 0.717) is 5.05 Å². The highest BCUT2D eigenvalue weighted by molar-refractivity contribution is 7.80. The highest BCUT2D eigenvalue weighted by Gasteiger charge is 2.10. The van der Waals surface area contributed by atoms with Gasteiger partial charge in [-0.2, -0.15) is 0 Å². The Morgan fingerprint density at radius 3 is 2.60 bits per heavy atom. The van der Waals surface area contributed by atoms with Crippen LogP contribution in [0.1, 0.15) is 4.88 Å². The number of hydrogen-bond acceptors (Lipinski definition) is 3. The lowest BCUT2D eigenvalue weighted by molar-refractivity contribution is 0.417. The van der Waals surface area contributed by atoms with E-state index in [2.05, 4.69) is 18.2 Å². The van der Waals surface area contributed by atoms with Crippen LogP contribution in [-0.4, -0.2) is 12.2 Å². The Bertz CT molecular complexity index is 459. The second kappa shape index (κ2) is 4.55. The molecule has 1 heterocycles. The first kappa shape index (κ1) is 10.3. The smallest absolute Gasteiger partial charge is 0.201 e. The molecule has 1 aromatic heterocycles. The van der Waals surface area contributed by atoms with Crippen molar-refractivity contribution in [2.24, 2.45) is 0 Å². The molecular weight excluding hydrogens is 224 g/mol. The highest BCUT2D eigenvalue weighted by Crippen LogP contribution is 2.28. The third kappa shape index (κ3) is 2.08. The first-order valence-electron chi connectivity index (χ1n) is 4.54. The second-order valence-corrected chi connectivity index (χ2v) is 4.31. The summed E-state index contributed by atoms with van der Waals surface area (Å²) in [6, 6.07) is 12.3. The van der Waals surface area contributed by atoms with Crippen LogP contribution in [0.25, 0.3) is 11.1 Å². The van der Waals surface area contributed by atoms with Crippen molar-refractivity contribution in [3.63, 3.8) is 0 Å². The normalized spacial score (nSPS) is 9.93. The lowest BCUT2D eigenvalue weighted by Crippen LogP contribution is -1.97. The minimum absolute atomic E-state index is 0.559. The maximum atomic E-state index is 5.15. The number of hydrogen-bond donors (Lipinski definition) is 0. The zero-order valence-electron chi connectivity index (χ0n) is 8.27. The van der Waals surface area contributed by atoms with Gasteiger partial charge in [0.1, 0.15) is 0 Å². The zero-order chi connectivity index (χ0) is 10.7. The van der Waals surface area contributed by atoms with Crippen molar-refractivity contribution in [3.8, 4) is 11.1 Å². The molecule has 3 heteroatoms. The molecule has 0 aliphatic rings. The van der Waals surface area contributed by atoms with Crippen LogP contribution in [0.4, 0.5) is 0 Å². The molecule has 2 rings (SSSR count). The summed E-state index contributed by atoms with van der Waals surface area (Å²) >= 11 is 6.76. The van der Waals surface area contributed by atoms with E-state index in [1.807, 2.05) is 23.6 Å². The van der Waals surface area contributed by atoms with Gasteiger partial charge >= 0.3 is 0 Å². The monoisotopic (exact) mass is 234 g/mol. The molecule has 0 spiro atoms. The minimum atomic E-state index is 0.559. The molecule has 0 unspecified atom stereocenters. The Balaban J connectivity index is 2.46. The van der Waals surface area contributed by atoms with E-state index in [0.717, 1.165) is 10.4 Å². The van der Waals surface area contributed by atoms with Crippen LogP contribution in [0.5, 0.6) is 0 Å². The summed E-state index contributed by atoms with van der Waals surface area (Å²) in [5.74, 6) is 0. The SMILES string of the molecule is COC(=S)c1sccc1-c1ccccc1. The summed E-state index contributed by atoms with van der Waals surface area (Å²) < 4.78 is 5.10. The summed E-state index contributed by atoms with van der Waals surface area (Å²) in [6.45, 7) is 0. The highest BCUT2D eigenvalue weighted by atomic mass is 32.1. The molecule has 0 saturated heterocycles. The van der Waals surface area contributed by atoms with Crippen molar-refractivity contribution >= 4 is 28.6 Å². The molecule has 0 radical (unpaired) electrons. The molecule has 15 heavy (non-hydrogen) atoms. The Labute approximate surface area is 98.3 Å². The Hall–Kier alpha value is -1.19. The first-order valence-corrected chi connectivity index (χ1v) is 5.83. The van der Waals surface area contributed by atoms with Crippen LogP contribution in [0.2, 0.25) is 0 Å². The standard InChI is InChI=1S/C12H10OS2/c1-13-12(14)11-10(7-8-15-11)9-5-3-2-4-6-9/h2-8H,1H3. The maximum Gasteiger partial charge on any atom is 0.201 e. The van der Waals surface area contributed by atoms with Crippen molar-refractivity contribution in [2.45, 2.75) is 0 Å². The van der Waals surface area contributed by atoms with E-state index < -0.39 is 0 Å². The second-order valence-electron chi connectivity index (χ2n) is 3.02. The predicted molar refractivity (Wildman–Crippen MR) is 68.5 cm³/mol. The van der Waals surface area contributed by atoms with E-state index in [9.17, 15) is 0 Å². The number of benzene rings is 1. The molecule has 76 valence electrons. The van der Waals surface area contributed by atoms with Crippen LogP contribution >= 0.6 is 23.6 Å². The van der Waals surface area contributed by atoms with Crippen LogP contribution < -0.4 is 0 Å². The lowest BCUT2D eigenvalue weighted by atomic mass is 10.1. The third-order valence-corrected chi connectivity index (χ3v) is 3.53. The van der Waals surface area contributed by atoms with Gasteiger partial charge in [0.05, 0.1) is 12.0 Å². The fourth-order valence-electron chi connectivity index (χ4n) is 1.41. The summed E-state index contributed by atoms with van der Waals surface area (Å²) in [5.41, 5.74) is 2.32. The number of ether oxygens (including phenoxy) is 1. The van der Waals surface area contributed by atoms with E-state index in [1.165, 1.54) is 5.56 Å². The van der Waals surface area contributed by atoms with Crippen molar-refractivity contribution in [3.05, 3.63) is 46.7 Å². The lowest BCUT2D eigenvalue weighted by Gasteiger charge is -2.03. The molecule has 2 aromatic rings. The minimum Gasteiger partial charge on any atom is -0.486 e. The van der Waals surface area contributed by atoms with Gasteiger partial charge in [0.2, 0.25) is 5.05 Å². The fourth-order valence-corrected chi connectivity index (χ4v) is 2.49. The summed E-state index contributed by atoms with van der Waals surface area (Å²) in [4.78, 5) is 1.03. The van der Waals surface area contributed by atoms with Crippen molar-refractivity contribution in [2.75, 3.05) is 7.11 Å². The van der Waals surface area contributed by atoms with Crippen LogP contribution in [0.3, 0.4) is 0 Å². The molecule has 0 atom stereocenters. The van der Waals surface area contributed by atoms with Gasteiger partial charge in [0, 0.05) is 5.56 Å². The third-order valence-electron chi connectivity index (χ3n) is 2.12. The van der Waals surface area contributed by atoms with Crippen LogP contribution in [0.15, 0.2) is 41.8 Å². The Morgan fingerprint density at radius 1 is 1.20 bits per heavy atom. The molecule has 0 aliphatic carbocycles. The van der Waals surface area contributed by atoms with Gasteiger partial charge in [-0.05, 0) is 29.2 Å². The van der Waals surface area contributed by atoms with Gasteiger partial charge in [-0.3, -0.25) is 0 Å². The fraction of sp³-hybridized carbons (Fsp3) is 0.0833. The van der Waals surface area contributed by atoms with Crippen molar-refractivity contribution < 1.29 is 4.74 Å². The zero-order valence-corrected chi connectivity index (χ0v) is 9.90. The molecule has 0 fully saturated rings. The number of thiocarbonyl (C=S) groups is 1. The predicted octanol–water partition coefficient (Wildman–Crippen LogP) is 3.74. The molecule has 0 bridgehead atoms. The van der Waals surface area contributed by atoms with Gasteiger partial charge in [0.25, 0.3) is 0 Å². The number of rotatable bonds is 2. The molecule has 1 aromatic carbocycles. The molecule has 0 amide bonds. The van der Waals surface area contributed by atoms with E-state index in [4.69, 9.17) is 17.0 Å². The van der Waals surface area contributed by atoms with Gasteiger partial charge in [-0.15, -0.1) is 11.3 Å². The van der Waals surface area contributed by atoms with Gasteiger partial charge < -0.3 is 4.74 Å². The van der Waals surface area contributed by atoms with Gasteiger partial charge in [-0.1, -0.05) is 30.3 Å². The number of methoxy groups -OCH3 is 1. The Morgan fingerprint density at radius 2 is 1.93 bits per heavy atom. The largest absolute Gasteiger partial charge is 0.486 e. The average molecular weight is 234 g/mol. The molecule has 0 aliphatic heterocycles. The first-order chi connectivity index (χ1) is 7.33. The topological polar surface area (TPSA) is 9.23 Å². The van der Waals surface area contributed by atoms with E-state index >= 15 is 0 Å². The average Bonchev–Trinajstić information content (AvgIpc) is 2.78. The molecular formula is C12H10OS2. The van der Waals surface area contributed by atoms with Crippen LogP contribution in [-0.2, 0) is 4.74 Å². The maximum absolute atomic E-state index is 5.15. The van der Waals surface area contributed by atoms with Gasteiger partial charge in [0.15, 0.2) is 0 Å².